The Morgan fingerprint density at radius 2 is 2.04 bits per heavy atom. The fourth-order valence-electron chi connectivity index (χ4n) is 8.85. The Morgan fingerprint density at radius 1 is 1.20 bits per heavy atom. The van der Waals surface area contributed by atoms with Crippen molar-refractivity contribution in [3.8, 4) is 17.2 Å². The van der Waals surface area contributed by atoms with Crippen molar-refractivity contribution in [3.05, 3.63) is 81.4 Å². The number of benzene rings is 2. The third-order valence-corrected chi connectivity index (χ3v) is 12.3. The third-order valence-electron chi connectivity index (χ3n) is 11.5. The van der Waals surface area contributed by atoms with Crippen LogP contribution in [0.25, 0.3) is 32.9 Å². The highest BCUT2D eigenvalue weighted by Crippen LogP contribution is 2.51. The van der Waals surface area contributed by atoms with Gasteiger partial charge in [0.15, 0.2) is 5.82 Å². The molecule has 0 spiro atoms. The molecular formula is C39H38Cl2FN7O2. The van der Waals surface area contributed by atoms with Crippen molar-refractivity contribution in [2.45, 2.75) is 76.3 Å². The fourth-order valence-corrected chi connectivity index (χ4v) is 9.25. The zero-order chi connectivity index (χ0) is 35.1. The lowest BCUT2D eigenvalue weighted by Gasteiger charge is -2.39. The van der Waals surface area contributed by atoms with Crippen molar-refractivity contribution in [1.82, 2.24) is 29.3 Å². The number of likely N-dealkylation sites (tertiary alicyclic amines) is 1. The number of carbonyl (C=O) groups is 1. The van der Waals surface area contributed by atoms with E-state index in [1.54, 1.807) is 24.5 Å². The number of imidazole rings is 1. The lowest BCUT2D eigenvalue weighted by molar-refractivity contribution is -0.134. The van der Waals surface area contributed by atoms with E-state index in [9.17, 15) is 10.1 Å². The summed E-state index contributed by atoms with van der Waals surface area (Å²) in [5.41, 5.74) is 5.27. The summed E-state index contributed by atoms with van der Waals surface area (Å²) in [4.78, 5) is 25.3. The van der Waals surface area contributed by atoms with Crippen LogP contribution in [0.1, 0.15) is 66.8 Å². The number of hydrogen-bond donors (Lipinski definition) is 1. The summed E-state index contributed by atoms with van der Waals surface area (Å²) in [7, 11) is 1.94. The van der Waals surface area contributed by atoms with Gasteiger partial charge in [0.1, 0.15) is 5.52 Å². The van der Waals surface area contributed by atoms with Crippen LogP contribution in [0.5, 0.6) is 0 Å². The molecular weight excluding hydrogens is 688 g/mol. The van der Waals surface area contributed by atoms with Gasteiger partial charge in [-0.3, -0.25) is 4.79 Å². The largest absolute Gasteiger partial charge is 0.370 e. The first-order chi connectivity index (χ1) is 24.7. The second kappa shape index (κ2) is 12.6. The number of carbonyl (C=O) groups excluding carboxylic acids is 1. The van der Waals surface area contributed by atoms with Gasteiger partial charge in [0.05, 0.1) is 58.4 Å². The molecule has 1 amide bonds. The minimum absolute atomic E-state index is 0.0548. The monoisotopic (exact) mass is 725 g/mol. The Kier molecular flexibility index (Phi) is 8.11. The van der Waals surface area contributed by atoms with Gasteiger partial charge in [-0.2, -0.15) is 5.26 Å². The quantitative estimate of drug-likeness (QED) is 0.168. The molecule has 12 heteroatoms. The Balaban J connectivity index is 1.23. The fraction of sp³-hybridized carbons (Fsp3) is 0.436. The molecule has 262 valence electrons. The van der Waals surface area contributed by atoms with Crippen LogP contribution in [0, 0.1) is 35.9 Å². The second-order valence-corrected chi connectivity index (χ2v) is 15.5. The van der Waals surface area contributed by atoms with E-state index in [1.165, 1.54) is 0 Å². The van der Waals surface area contributed by atoms with Gasteiger partial charge in [0, 0.05) is 84.4 Å². The number of aromatic nitrogens is 4. The molecule has 5 fully saturated rings. The highest BCUT2D eigenvalue weighted by Gasteiger charge is 2.51. The lowest BCUT2D eigenvalue weighted by Crippen LogP contribution is -2.41. The molecule has 5 aliphatic rings. The van der Waals surface area contributed by atoms with Gasteiger partial charge >= 0.3 is 0 Å². The van der Waals surface area contributed by atoms with Crippen molar-refractivity contribution in [2.24, 2.45) is 18.9 Å². The highest BCUT2D eigenvalue weighted by atomic mass is 35.5. The van der Waals surface area contributed by atoms with E-state index in [2.05, 4.69) is 27.0 Å². The number of nitrogens with zero attached hydrogens (tertiary/aromatic N) is 6. The van der Waals surface area contributed by atoms with Crippen LogP contribution < -0.4 is 5.32 Å². The molecule has 9 nitrogen and oxygen atoms in total. The van der Waals surface area contributed by atoms with E-state index in [0.29, 0.717) is 64.7 Å². The molecule has 0 radical (unpaired) electrons. The molecule has 5 aromatic rings. The van der Waals surface area contributed by atoms with Gasteiger partial charge in [-0.1, -0.05) is 35.3 Å². The molecule has 3 saturated heterocycles. The minimum atomic E-state index is -0.479. The van der Waals surface area contributed by atoms with Crippen LogP contribution in [0.2, 0.25) is 10.0 Å². The summed E-state index contributed by atoms with van der Waals surface area (Å²) in [5, 5.41) is 15.5. The van der Waals surface area contributed by atoms with Gasteiger partial charge in [0.25, 0.3) is 0 Å². The molecule has 2 saturated carbocycles. The van der Waals surface area contributed by atoms with Crippen molar-refractivity contribution in [2.75, 3.05) is 13.1 Å². The highest BCUT2D eigenvalue weighted by molar-refractivity contribution is 6.43. The maximum atomic E-state index is 17.2. The molecule has 2 aliphatic carbocycles. The molecule has 2 bridgehead atoms. The summed E-state index contributed by atoms with van der Waals surface area (Å²) < 4.78 is 27.9. The Morgan fingerprint density at radius 3 is 2.75 bits per heavy atom. The van der Waals surface area contributed by atoms with E-state index in [-0.39, 0.29) is 53.0 Å². The molecule has 10 rings (SSSR count). The summed E-state index contributed by atoms with van der Waals surface area (Å²) in [6.07, 6.45) is 7.67. The zero-order valence-electron chi connectivity index (χ0n) is 28.5. The summed E-state index contributed by atoms with van der Waals surface area (Å²) >= 11 is 13.1. The van der Waals surface area contributed by atoms with Crippen LogP contribution in [-0.4, -0.2) is 55.1 Å². The first-order valence-corrected chi connectivity index (χ1v) is 18.6. The Hall–Kier alpha value is -4.01. The third kappa shape index (κ3) is 5.43. The lowest BCUT2D eigenvalue weighted by atomic mass is 9.79. The van der Waals surface area contributed by atoms with Gasteiger partial charge in [-0.25, -0.2) is 14.4 Å². The SMILES string of the molecule is Cc1nc2c(F)c(-c3cccc(Cl)c3Cl)c(CCC#N)cc2c2c1cc(C1CC(OCc3cn(C)cn3)CN1C(=O)C1CC1)n2C1C2CNC1C2. The molecule has 51 heavy (non-hydrogen) atoms. The first-order valence-electron chi connectivity index (χ1n) is 17.8. The van der Waals surface area contributed by atoms with Crippen molar-refractivity contribution in [1.29, 1.82) is 5.26 Å². The molecule has 6 heterocycles. The van der Waals surface area contributed by atoms with Crippen molar-refractivity contribution in [3.63, 3.8) is 0 Å². The van der Waals surface area contributed by atoms with Gasteiger partial charge < -0.3 is 24.1 Å². The number of amides is 1. The molecule has 1 N–H and O–H groups in total. The number of pyridine rings is 1. The first kappa shape index (κ1) is 32.9. The van der Waals surface area contributed by atoms with Crippen LogP contribution in [0.15, 0.2) is 42.9 Å². The topological polar surface area (TPSA) is 101 Å². The average molecular weight is 727 g/mol. The average Bonchev–Trinajstić information content (AvgIpc) is 3.55. The zero-order valence-corrected chi connectivity index (χ0v) is 30.0. The Bertz CT molecular complexity index is 2260. The van der Waals surface area contributed by atoms with Gasteiger partial charge in [-0.05, 0) is 62.3 Å². The number of hydrogen-bond acceptors (Lipinski definition) is 6. The summed E-state index contributed by atoms with van der Waals surface area (Å²) in [6.45, 7) is 3.74. The van der Waals surface area contributed by atoms with Crippen molar-refractivity contribution < 1.29 is 13.9 Å². The molecule has 5 atom stereocenters. The molecule has 3 aromatic heterocycles. The van der Waals surface area contributed by atoms with E-state index >= 15 is 4.39 Å². The standard InChI is InChI=1S/C39H38Cl2FN7O2/c1-20-27-14-32(31-13-25(17-48(31)39(50)21-8-9-21)51-18-24-16-47(2)19-45-24)49(37-23-12-30(37)44-15-23)38(27)28-11-22(5-4-10-43)33(35(42)36(28)46-20)26-6-3-7-29(40)34(26)41/h3,6-7,11,14,16,19,21,23,25,30-31,37,44H,4-5,8-9,12-13,15,17-18H2,1-2H3. The van der Waals surface area contributed by atoms with E-state index in [4.69, 9.17) is 32.9 Å². The van der Waals surface area contributed by atoms with Gasteiger partial charge in [0.2, 0.25) is 5.91 Å². The maximum Gasteiger partial charge on any atom is 0.226 e. The maximum absolute atomic E-state index is 17.2. The molecule has 2 aromatic carbocycles. The summed E-state index contributed by atoms with van der Waals surface area (Å²) in [5.74, 6) is 0.181. The van der Waals surface area contributed by atoms with E-state index in [1.807, 2.05) is 35.7 Å². The van der Waals surface area contributed by atoms with Crippen LogP contribution in [-0.2, 0) is 29.6 Å². The number of nitriles is 1. The van der Waals surface area contributed by atoms with E-state index in [0.717, 1.165) is 48.1 Å². The Labute approximate surface area is 305 Å². The minimum Gasteiger partial charge on any atom is -0.370 e. The number of rotatable bonds is 9. The van der Waals surface area contributed by atoms with E-state index < -0.39 is 5.82 Å². The number of ether oxygens (including phenoxy) is 1. The van der Waals surface area contributed by atoms with Crippen LogP contribution in [0.4, 0.5) is 4.39 Å². The normalized spacial score (nSPS) is 24.1. The predicted octanol–water partition coefficient (Wildman–Crippen LogP) is 7.60. The predicted molar refractivity (Wildman–Crippen MR) is 194 cm³/mol. The van der Waals surface area contributed by atoms with Crippen molar-refractivity contribution >= 4 is 50.9 Å². The molecule has 5 unspecified atom stereocenters. The number of aryl methyl sites for hydroxylation is 3. The van der Waals surface area contributed by atoms with Gasteiger partial charge in [-0.15, -0.1) is 0 Å². The second-order valence-electron chi connectivity index (χ2n) is 14.8. The number of fused-ring (bicyclic) bond motifs is 4. The number of nitrogens with one attached hydrogen (secondary N) is 1. The summed E-state index contributed by atoms with van der Waals surface area (Å²) in [6, 6.07) is 11.9. The number of halogens is 3. The molecule has 3 aliphatic heterocycles. The van der Waals surface area contributed by atoms with Crippen LogP contribution in [0.3, 0.4) is 0 Å². The smallest absolute Gasteiger partial charge is 0.226 e. The van der Waals surface area contributed by atoms with Crippen LogP contribution >= 0.6 is 23.2 Å².